The number of alkyl halides is 2. The van der Waals surface area contributed by atoms with Crippen molar-refractivity contribution in [2.75, 3.05) is 12.4 Å². The lowest BCUT2D eigenvalue weighted by Crippen LogP contribution is -2.30. The molecule has 0 aliphatic rings. The van der Waals surface area contributed by atoms with Crippen molar-refractivity contribution in [3.63, 3.8) is 0 Å². The van der Waals surface area contributed by atoms with Gasteiger partial charge in [-0.05, 0) is 36.4 Å². The first kappa shape index (κ1) is 21.6. The number of hydrogen-bond donors (Lipinski definition) is 2. The molecule has 0 radical (unpaired) electrons. The number of hydrogen-bond acceptors (Lipinski definition) is 5. The van der Waals surface area contributed by atoms with Gasteiger partial charge in [-0.15, -0.1) is 0 Å². The number of furan rings is 1. The van der Waals surface area contributed by atoms with E-state index < -0.39 is 18.4 Å². The largest absolute Gasteiger partial charge is 0.493 e. The molecule has 0 aliphatic carbocycles. The van der Waals surface area contributed by atoms with Gasteiger partial charge in [-0.2, -0.15) is 8.78 Å². The van der Waals surface area contributed by atoms with E-state index in [1.807, 2.05) is 0 Å². The van der Waals surface area contributed by atoms with E-state index in [-0.39, 0.29) is 22.9 Å². The fourth-order valence-corrected chi connectivity index (χ4v) is 2.60. The van der Waals surface area contributed by atoms with Crippen LogP contribution in [-0.2, 0) is 4.79 Å². The van der Waals surface area contributed by atoms with Crippen molar-refractivity contribution in [3.8, 4) is 11.5 Å². The predicted molar refractivity (Wildman–Crippen MR) is 109 cm³/mol. The third-order valence-corrected chi connectivity index (χ3v) is 4.00. The lowest BCUT2D eigenvalue weighted by atomic mass is 10.2. The summed E-state index contributed by atoms with van der Waals surface area (Å²) < 4.78 is 39.9. The molecule has 160 valence electrons. The maximum atomic E-state index is 12.8. The maximum absolute atomic E-state index is 12.8. The second-order valence-corrected chi connectivity index (χ2v) is 6.09. The van der Waals surface area contributed by atoms with Crippen LogP contribution in [0, 0.1) is 0 Å². The van der Waals surface area contributed by atoms with Crippen LogP contribution in [0.15, 0.2) is 77.0 Å². The number of benzene rings is 2. The highest BCUT2D eigenvalue weighted by molar-refractivity contribution is 6.10. The summed E-state index contributed by atoms with van der Waals surface area (Å²) in [5.74, 6) is -1.06. The number of carbonyl (C=O) groups excluding carboxylic acids is 2. The smallest absolute Gasteiger partial charge is 0.387 e. The summed E-state index contributed by atoms with van der Waals surface area (Å²) in [6.07, 6.45) is 2.76. The van der Waals surface area contributed by atoms with Crippen LogP contribution >= 0.6 is 0 Å². The van der Waals surface area contributed by atoms with Gasteiger partial charge in [-0.3, -0.25) is 9.59 Å². The van der Waals surface area contributed by atoms with Gasteiger partial charge in [-0.25, -0.2) is 0 Å². The molecule has 3 rings (SSSR count). The summed E-state index contributed by atoms with van der Waals surface area (Å²) in [6, 6.07) is 15.5. The van der Waals surface area contributed by atoms with E-state index in [0.717, 1.165) is 0 Å². The van der Waals surface area contributed by atoms with Gasteiger partial charge in [0.25, 0.3) is 11.8 Å². The second-order valence-electron chi connectivity index (χ2n) is 6.09. The van der Waals surface area contributed by atoms with Crippen molar-refractivity contribution in [1.29, 1.82) is 0 Å². The standard InChI is InChI=1S/C22H18F2N2O5/c1-29-18-10-9-15(12-19(18)31-22(23)24)25-21(28)17(13-16-8-5-11-30-16)26-20(27)14-6-3-2-4-7-14/h2-13,22H,1H3,(H,25,28)(H,26,27). The molecule has 0 atom stereocenters. The van der Waals surface area contributed by atoms with Crippen LogP contribution in [0.4, 0.5) is 14.5 Å². The van der Waals surface area contributed by atoms with E-state index in [1.54, 1.807) is 42.5 Å². The highest BCUT2D eigenvalue weighted by Gasteiger charge is 2.17. The summed E-state index contributed by atoms with van der Waals surface area (Å²) in [5.41, 5.74) is 0.384. The molecule has 9 heteroatoms. The van der Waals surface area contributed by atoms with E-state index in [0.29, 0.717) is 11.3 Å². The fraction of sp³-hybridized carbons (Fsp3) is 0.0909. The number of anilines is 1. The van der Waals surface area contributed by atoms with Gasteiger partial charge >= 0.3 is 6.61 Å². The van der Waals surface area contributed by atoms with Crippen molar-refractivity contribution in [3.05, 3.63) is 83.9 Å². The Balaban J connectivity index is 1.84. The molecule has 0 bridgehead atoms. The number of nitrogens with one attached hydrogen (secondary N) is 2. The third kappa shape index (κ3) is 5.92. The minimum Gasteiger partial charge on any atom is -0.493 e. The van der Waals surface area contributed by atoms with Crippen LogP contribution in [0.25, 0.3) is 6.08 Å². The molecule has 3 aromatic rings. The summed E-state index contributed by atoms with van der Waals surface area (Å²) in [7, 11) is 1.30. The Bertz CT molecular complexity index is 1070. The first-order valence-corrected chi connectivity index (χ1v) is 9.02. The Kier molecular flexibility index (Phi) is 7.00. The summed E-state index contributed by atoms with van der Waals surface area (Å²) in [4.78, 5) is 25.4. The zero-order valence-corrected chi connectivity index (χ0v) is 16.3. The molecule has 0 saturated heterocycles. The van der Waals surface area contributed by atoms with Crippen LogP contribution in [0.5, 0.6) is 11.5 Å². The molecule has 0 fully saturated rings. The van der Waals surface area contributed by atoms with Crippen LogP contribution in [-0.4, -0.2) is 25.5 Å². The Labute approximate surface area is 176 Å². The molecule has 7 nitrogen and oxygen atoms in total. The van der Waals surface area contributed by atoms with Crippen molar-refractivity contribution in [2.24, 2.45) is 0 Å². The van der Waals surface area contributed by atoms with Gasteiger partial charge in [0, 0.05) is 23.4 Å². The highest BCUT2D eigenvalue weighted by Crippen LogP contribution is 2.31. The molecule has 2 N–H and O–H groups in total. The molecule has 0 spiro atoms. The minimum atomic E-state index is -3.07. The molecule has 31 heavy (non-hydrogen) atoms. The van der Waals surface area contributed by atoms with Gasteiger partial charge in [0.1, 0.15) is 11.5 Å². The lowest BCUT2D eigenvalue weighted by Gasteiger charge is -2.14. The number of ether oxygens (including phenoxy) is 2. The van der Waals surface area contributed by atoms with Crippen LogP contribution in [0.2, 0.25) is 0 Å². The summed E-state index contributed by atoms with van der Waals surface area (Å²) >= 11 is 0. The average molecular weight is 428 g/mol. The summed E-state index contributed by atoms with van der Waals surface area (Å²) in [5, 5.41) is 5.07. The Morgan fingerprint density at radius 3 is 2.45 bits per heavy atom. The van der Waals surface area contributed by atoms with E-state index in [4.69, 9.17) is 9.15 Å². The maximum Gasteiger partial charge on any atom is 0.387 e. The molecule has 0 saturated carbocycles. The number of methoxy groups -OCH3 is 1. The molecule has 2 aromatic carbocycles. The van der Waals surface area contributed by atoms with Crippen molar-refractivity contribution < 1.29 is 32.3 Å². The van der Waals surface area contributed by atoms with Crippen LogP contribution < -0.4 is 20.1 Å². The van der Waals surface area contributed by atoms with Crippen molar-refractivity contribution in [1.82, 2.24) is 5.32 Å². The molecule has 1 heterocycles. The second kappa shape index (κ2) is 10.1. The van der Waals surface area contributed by atoms with Gasteiger partial charge in [0.05, 0.1) is 13.4 Å². The quantitative estimate of drug-likeness (QED) is 0.522. The molecule has 0 unspecified atom stereocenters. The van der Waals surface area contributed by atoms with Crippen LogP contribution in [0.1, 0.15) is 16.1 Å². The number of carbonyl (C=O) groups is 2. The van der Waals surface area contributed by atoms with E-state index >= 15 is 0 Å². The zero-order valence-electron chi connectivity index (χ0n) is 16.3. The number of halogens is 2. The van der Waals surface area contributed by atoms with Crippen molar-refractivity contribution >= 4 is 23.6 Å². The SMILES string of the molecule is COc1ccc(NC(=O)C(=Cc2ccco2)NC(=O)c2ccccc2)cc1OC(F)F. The Morgan fingerprint density at radius 2 is 1.81 bits per heavy atom. The predicted octanol–water partition coefficient (Wildman–Crippen LogP) is 4.30. The van der Waals surface area contributed by atoms with E-state index in [2.05, 4.69) is 15.4 Å². The number of rotatable bonds is 8. The normalized spacial score (nSPS) is 11.2. The zero-order chi connectivity index (χ0) is 22.2. The Morgan fingerprint density at radius 1 is 1.03 bits per heavy atom. The van der Waals surface area contributed by atoms with Crippen molar-refractivity contribution in [2.45, 2.75) is 6.61 Å². The first-order valence-electron chi connectivity index (χ1n) is 9.02. The van der Waals surface area contributed by atoms with Gasteiger partial charge in [-0.1, -0.05) is 18.2 Å². The van der Waals surface area contributed by atoms with E-state index in [1.165, 1.54) is 37.6 Å². The molecule has 0 aliphatic heterocycles. The molecular formula is C22H18F2N2O5. The van der Waals surface area contributed by atoms with Crippen LogP contribution in [0.3, 0.4) is 0 Å². The molecular weight excluding hydrogens is 410 g/mol. The lowest BCUT2D eigenvalue weighted by molar-refractivity contribution is -0.113. The molecule has 2 amide bonds. The third-order valence-electron chi connectivity index (χ3n) is 4.00. The monoisotopic (exact) mass is 428 g/mol. The Hall–Kier alpha value is -4.14. The topological polar surface area (TPSA) is 89.8 Å². The number of amides is 2. The molecule has 1 aromatic heterocycles. The first-order chi connectivity index (χ1) is 15.0. The fourth-order valence-electron chi connectivity index (χ4n) is 2.60. The minimum absolute atomic E-state index is 0.0713. The van der Waals surface area contributed by atoms with Gasteiger partial charge in [0.2, 0.25) is 0 Å². The average Bonchev–Trinajstić information content (AvgIpc) is 3.27. The van der Waals surface area contributed by atoms with E-state index in [9.17, 15) is 18.4 Å². The van der Waals surface area contributed by atoms with Gasteiger partial charge < -0.3 is 24.5 Å². The highest BCUT2D eigenvalue weighted by atomic mass is 19.3. The summed E-state index contributed by atoms with van der Waals surface area (Å²) in [6.45, 7) is -3.07. The van der Waals surface area contributed by atoms with Gasteiger partial charge in [0.15, 0.2) is 11.5 Å².